The van der Waals surface area contributed by atoms with Gasteiger partial charge in [-0.1, -0.05) is 0 Å². The molecule has 0 spiro atoms. The zero-order valence-electron chi connectivity index (χ0n) is 8.74. The van der Waals surface area contributed by atoms with Gasteiger partial charge in [0.1, 0.15) is 0 Å². The molecule has 1 aliphatic rings. The molecular weight excluding hydrogens is 274 g/mol. The van der Waals surface area contributed by atoms with Gasteiger partial charge in [0, 0.05) is 17.5 Å². The van der Waals surface area contributed by atoms with Gasteiger partial charge in [0.2, 0.25) is 0 Å². The van der Waals surface area contributed by atoms with Crippen LogP contribution < -0.4 is 5.32 Å². The highest BCUT2D eigenvalue weighted by Gasteiger charge is 2.29. The van der Waals surface area contributed by atoms with Gasteiger partial charge in [-0.25, -0.2) is 0 Å². The topological polar surface area (TPSA) is 32.3 Å². The number of aliphatic hydroxyl groups excluding tert-OH is 1. The fourth-order valence-corrected chi connectivity index (χ4v) is 3.06. The minimum Gasteiger partial charge on any atom is -0.392 e. The number of nitrogens with one attached hydrogen (secondary N) is 1. The zero-order chi connectivity index (χ0) is 10.8. The molecule has 1 aromatic rings. The molecule has 4 heteroatoms. The Labute approximate surface area is 103 Å². The van der Waals surface area contributed by atoms with Crippen LogP contribution in [0, 0.1) is 5.92 Å². The lowest BCUT2D eigenvalue weighted by atomic mass is 10.2. The summed E-state index contributed by atoms with van der Waals surface area (Å²) in [6, 6.07) is 4.51. The third-order valence-electron chi connectivity index (χ3n) is 2.82. The van der Waals surface area contributed by atoms with Crippen LogP contribution >= 0.6 is 27.3 Å². The highest BCUT2D eigenvalue weighted by atomic mass is 79.9. The van der Waals surface area contributed by atoms with Crippen molar-refractivity contribution in [2.75, 3.05) is 6.54 Å². The molecular formula is C11H16BrNOS. The molecule has 15 heavy (non-hydrogen) atoms. The van der Waals surface area contributed by atoms with Crippen molar-refractivity contribution in [2.45, 2.75) is 31.9 Å². The van der Waals surface area contributed by atoms with Gasteiger partial charge >= 0.3 is 0 Å². The first-order valence-corrected chi connectivity index (χ1v) is 6.94. The normalized spacial score (nSPS) is 20.2. The van der Waals surface area contributed by atoms with Gasteiger partial charge in [0.25, 0.3) is 0 Å². The van der Waals surface area contributed by atoms with Gasteiger partial charge in [-0.05, 0) is 53.7 Å². The van der Waals surface area contributed by atoms with E-state index in [1.165, 1.54) is 17.7 Å². The molecule has 84 valence electrons. The zero-order valence-corrected chi connectivity index (χ0v) is 11.1. The lowest BCUT2D eigenvalue weighted by Crippen LogP contribution is -2.29. The molecule has 1 aromatic heterocycles. The van der Waals surface area contributed by atoms with Crippen molar-refractivity contribution < 1.29 is 5.11 Å². The number of aliphatic hydroxyl groups is 1. The van der Waals surface area contributed by atoms with E-state index in [4.69, 9.17) is 0 Å². The predicted octanol–water partition coefficient (Wildman–Crippen LogP) is 2.93. The van der Waals surface area contributed by atoms with E-state index in [0.717, 1.165) is 3.79 Å². The van der Waals surface area contributed by atoms with Gasteiger partial charge < -0.3 is 10.4 Å². The van der Waals surface area contributed by atoms with E-state index in [1.54, 1.807) is 11.3 Å². The van der Waals surface area contributed by atoms with Crippen LogP contribution in [-0.2, 0) is 0 Å². The molecule has 2 rings (SSSR count). The number of halogens is 1. The third kappa shape index (κ3) is 3.28. The molecule has 0 aromatic carbocycles. The summed E-state index contributed by atoms with van der Waals surface area (Å²) < 4.78 is 1.16. The molecule has 0 amide bonds. The van der Waals surface area contributed by atoms with Crippen molar-refractivity contribution in [1.82, 2.24) is 5.32 Å². The Bertz CT molecular complexity index is 324. The van der Waals surface area contributed by atoms with Gasteiger partial charge in [-0.15, -0.1) is 11.3 Å². The number of thiophene rings is 1. The first-order valence-electron chi connectivity index (χ1n) is 5.33. The summed E-state index contributed by atoms with van der Waals surface area (Å²) in [7, 11) is 0. The highest BCUT2D eigenvalue weighted by molar-refractivity contribution is 9.11. The largest absolute Gasteiger partial charge is 0.392 e. The predicted molar refractivity (Wildman–Crippen MR) is 67.2 cm³/mol. The Morgan fingerprint density at radius 1 is 1.60 bits per heavy atom. The van der Waals surface area contributed by atoms with E-state index >= 15 is 0 Å². The summed E-state index contributed by atoms with van der Waals surface area (Å²) in [5.41, 5.74) is 0. The number of hydrogen-bond acceptors (Lipinski definition) is 3. The van der Waals surface area contributed by atoms with Crippen LogP contribution in [0.1, 0.15) is 30.7 Å². The van der Waals surface area contributed by atoms with Crippen LogP contribution in [-0.4, -0.2) is 17.8 Å². The minimum atomic E-state index is -0.157. The molecule has 1 saturated carbocycles. The van der Waals surface area contributed by atoms with Crippen LogP contribution in [0.25, 0.3) is 0 Å². The van der Waals surface area contributed by atoms with Crippen molar-refractivity contribution in [3.05, 3.63) is 20.8 Å². The maximum absolute atomic E-state index is 9.72. The van der Waals surface area contributed by atoms with Crippen molar-refractivity contribution in [2.24, 2.45) is 5.92 Å². The summed E-state index contributed by atoms with van der Waals surface area (Å²) in [6.07, 6.45) is 2.24. The summed E-state index contributed by atoms with van der Waals surface area (Å²) in [5, 5.41) is 13.1. The molecule has 2 nitrogen and oxygen atoms in total. The first kappa shape index (κ1) is 11.6. The quantitative estimate of drug-likeness (QED) is 0.874. The Morgan fingerprint density at radius 2 is 2.33 bits per heavy atom. The minimum absolute atomic E-state index is 0.157. The highest BCUT2D eigenvalue weighted by Crippen LogP contribution is 2.32. The second-order valence-corrected chi connectivity index (χ2v) is 6.67. The second-order valence-electron chi connectivity index (χ2n) is 4.18. The van der Waals surface area contributed by atoms with Crippen molar-refractivity contribution in [3.8, 4) is 0 Å². The fraction of sp³-hybridized carbons (Fsp3) is 0.636. The summed E-state index contributed by atoms with van der Waals surface area (Å²) in [5.74, 6) is 0.555. The van der Waals surface area contributed by atoms with E-state index in [0.29, 0.717) is 18.5 Å². The van der Waals surface area contributed by atoms with Gasteiger partial charge in [0.05, 0.1) is 9.89 Å². The van der Waals surface area contributed by atoms with Gasteiger partial charge in [-0.2, -0.15) is 0 Å². The Morgan fingerprint density at radius 3 is 2.87 bits per heavy atom. The number of rotatable bonds is 5. The molecule has 1 fully saturated rings. The standard InChI is InChI=1S/C11H16BrNOS/c1-7(10-4-5-11(12)15-10)13-6-9(14)8-2-3-8/h4-5,7-9,13-14H,2-3,6H2,1H3. The van der Waals surface area contributed by atoms with Crippen molar-refractivity contribution >= 4 is 27.3 Å². The van der Waals surface area contributed by atoms with Crippen LogP contribution in [0.4, 0.5) is 0 Å². The summed E-state index contributed by atoms with van der Waals surface area (Å²) in [6.45, 7) is 2.85. The molecule has 1 heterocycles. The fourth-order valence-electron chi connectivity index (χ4n) is 1.61. The van der Waals surface area contributed by atoms with E-state index < -0.39 is 0 Å². The summed E-state index contributed by atoms with van der Waals surface area (Å²) >= 11 is 5.20. The monoisotopic (exact) mass is 289 g/mol. The molecule has 0 saturated heterocycles. The van der Waals surface area contributed by atoms with Crippen LogP contribution in [0.3, 0.4) is 0 Å². The van der Waals surface area contributed by atoms with Crippen LogP contribution in [0.5, 0.6) is 0 Å². The maximum Gasteiger partial charge on any atom is 0.0701 e. The van der Waals surface area contributed by atoms with E-state index in [2.05, 4.69) is 40.3 Å². The molecule has 0 bridgehead atoms. The third-order valence-corrected chi connectivity index (χ3v) is 4.63. The van der Waals surface area contributed by atoms with E-state index in [-0.39, 0.29) is 6.10 Å². The van der Waals surface area contributed by atoms with E-state index in [9.17, 15) is 5.11 Å². The van der Waals surface area contributed by atoms with Gasteiger partial charge in [0.15, 0.2) is 0 Å². The first-order chi connectivity index (χ1) is 7.16. The van der Waals surface area contributed by atoms with Crippen molar-refractivity contribution in [3.63, 3.8) is 0 Å². The van der Waals surface area contributed by atoms with E-state index in [1.807, 2.05) is 0 Å². The molecule has 0 aliphatic heterocycles. The molecule has 2 N–H and O–H groups in total. The lowest BCUT2D eigenvalue weighted by Gasteiger charge is -2.15. The Kier molecular flexibility index (Phi) is 3.83. The maximum atomic E-state index is 9.72. The SMILES string of the molecule is CC(NCC(O)C1CC1)c1ccc(Br)s1. The second kappa shape index (κ2) is 4.95. The lowest BCUT2D eigenvalue weighted by molar-refractivity contribution is 0.145. The van der Waals surface area contributed by atoms with Crippen LogP contribution in [0.2, 0.25) is 0 Å². The van der Waals surface area contributed by atoms with Crippen molar-refractivity contribution in [1.29, 1.82) is 0 Å². The molecule has 2 atom stereocenters. The van der Waals surface area contributed by atoms with Gasteiger partial charge in [-0.3, -0.25) is 0 Å². The summed E-state index contributed by atoms with van der Waals surface area (Å²) in [4.78, 5) is 1.31. The number of hydrogen-bond donors (Lipinski definition) is 2. The smallest absolute Gasteiger partial charge is 0.0701 e. The Balaban J connectivity index is 1.78. The molecule has 1 aliphatic carbocycles. The molecule has 0 radical (unpaired) electrons. The average Bonchev–Trinajstić information content (AvgIpc) is 2.97. The molecule has 2 unspecified atom stereocenters. The van der Waals surface area contributed by atoms with Crippen LogP contribution in [0.15, 0.2) is 15.9 Å². The Hall–Kier alpha value is 0.1000. The average molecular weight is 290 g/mol.